The van der Waals surface area contributed by atoms with Crippen molar-refractivity contribution < 1.29 is 38.1 Å². The third-order valence-electron chi connectivity index (χ3n) is 5.69. The van der Waals surface area contributed by atoms with Gasteiger partial charge in [0.05, 0.1) is 0 Å². The molecule has 3 rings (SSSR count). The molecule has 44 heavy (non-hydrogen) atoms. The van der Waals surface area contributed by atoms with Crippen LogP contribution in [-0.4, -0.2) is 23.9 Å². The molecule has 0 radical (unpaired) electrons. The van der Waals surface area contributed by atoms with Crippen molar-refractivity contribution in [3.8, 4) is 23.0 Å². The summed E-state index contributed by atoms with van der Waals surface area (Å²) in [6.07, 6.45) is 8.88. The molecular formula is C36H30O8. The molecule has 0 aliphatic heterocycles. The second kappa shape index (κ2) is 15.3. The van der Waals surface area contributed by atoms with Crippen LogP contribution in [0, 0.1) is 0 Å². The first-order valence-corrected chi connectivity index (χ1v) is 13.2. The molecule has 222 valence electrons. The fourth-order valence-electron chi connectivity index (χ4n) is 3.38. The number of ether oxygens (including phenoxy) is 4. The number of benzene rings is 3. The molecule has 0 spiro atoms. The van der Waals surface area contributed by atoms with Crippen LogP contribution in [0.4, 0.5) is 0 Å². The third kappa shape index (κ3) is 9.53. The lowest BCUT2D eigenvalue weighted by atomic mass is 10.0. The molecule has 0 unspecified atom stereocenters. The van der Waals surface area contributed by atoms with Crippen LogP contribution in [0.25, 0.3) is 24.3 Å². The van der Waals surface area contributed by atoms with E-state index in [4.69, 9.17) is 18.9 Å². The van der Waals surface area contributed by atoms with E-state index in [1.165, 1.54) is 0 Å². The quantitative estimate of drug-likeness (QED) is 0.0946. The van der Waals surface area contributed by atoms with E-state index >= 15 is 0 Å². The van der Waals surface area contributed by atoms with Gasteiger partial charge in [-0.3, -0.25) is 0 Å². The number of rotatable bonds is 12. The Balaban J connectivity index is 1.96. The van der Waals surface area contributed by atoms with E-state index in [0.29, 0.717) is 22.6 Å². The average molecular weight is 591 g/mol. The van der Waals surface area contributed by atoms with Crippen molar-refractivity contribution >= 4 is 48.2 Å². The zero-order valence-corrected chi connectivity index (χ0v) is 24.3. The van der Waals surface area contributed by atoms with Crippen LogP contribution in [0.3, 0.4) is 0 Å². The van der Waals surface area contributed by atoms with E-state index in [9.17, 15) is 19.2 Å². The molecule has 0 amide bonds. The van der Waals surface area contributed by atoms with Crippen LogP contribution in [-0.2, 0) is 19.2 Å². The Kier molecular flexibility index (Phi) is 11.3. The predicted molar refractivity (Wildman–Crippen MR) is 170 cm³/mol. The van der Waals surface area contributed by atoms with Crippen molar-refractivity contribution in [2.24, 2.45) is 0 Å². The highest BCUT2D eigenvalue weighted by molar-refractivity contribution is 5.90. The molecule has 0 saturated heterocycles. The van der Waals surface area contributed by atoms with Gasteiger partial charge >= 0.3 is 23.9 Å². The van der Waals surface area contributed by atoms with E-state index in [2.05, 4.69) is 26.3 Å². The topological polar surface area (TPSA) is 105 Å². The highest BCUT2D eigenvalue weighted by atomic mass is 16.5. The van der Waals surface area contributed by atoms with Crippen molar-refractivity contribution in [2.45, 2.75) is 13.8 Å². The summed E-state index contributed by atoms with van der Waals surface area (Å²) in [5.74, 6) is -1.36. The summed E-state index contributed by atoms with van der Waals surface area (Å²) in [5.41, 5.74) is 2.89. The van der Waals surface area contributed by atoms with Gasteiger partial charge in [-0.2, -0.15) is 0 Å². The summed E-state index contributed by atoms with van der Waals surface area (Å²) >= 11 is 0. The van der Waals surface area contributed by atoms with Crippen molar-refractivity contribution in [3.63, 3.8) is 0 Å². The zero-order chi connectivity index (χ0) is 32.2. The van der Waals surface area contributed by atoms with Crippen LogP contribution < -0.4 is 18.9 Å². The molecule has 3 aromatic rings. The van der Waals surface area contributed by atoms with Gasteiger partial charge in [-0.15, -0.1) is 0 Å². The van der Waals surface area contributed by atoms with E-state index < -0.39 is 23.9 Å². The Morgan fingerprint density at radius 1 is 0.545 bits per heavy atom. The number of esters is 4. The summed E-state index contributed by atoms with van der Waals surface area (Å²) in [5, 5.41) is 0. The van der Waals surface area contributed by atoms with Crippen LogP contribution in [0.5, 0.6) is 23.0 Å². The number of carbonyl (C=O) groups excluding carboxylic acids is 4. The van der Waals surface area contributed by atoms with Gasteiger partial charge < -0.3 is 18.9 Å². The summed E-state index contributed by atoms with van der Waals surface area (Å²) in [4.78, 5) is 47.8. The Bertz CT molecular complexity index is 1560. The lowest BCUT2D eigenvalue weighted by Gasteiger charge is -2.12. The maximum absolute atomic E-state index is 12.2. The van der Waals surface area contributed by atoms with E-state index in [1.54, 1.807) is 98.8 Å². The molecule has 0 aromatic heterocycles. The molecule has 0 atom stereocenters. The monoisotopic (exact) mass is 590 g/mol. The molecule has 0 bridgehead atoms. The van der Waals surface area contributed by atoms with Gasteiger partial charge in [0, 0.05) is 34.4 Å². The largest absolute Gasteiger partial charge is 0.423 e. The Labute approximate surface area is 255 Å². The van der Waals surface area contributed by atoms with Gasteiger partial charge in [-0.25, -0.2) is 19.2 Å². The molecule has 0 saturated carbocycles. The molecule has 0 aliphatic rings. The maximum atomic E-state index is 12.2. The smallest absolute Gasteiger partial charge is 0.338 e. The lowest BCUT2D eigenvalue weighted by Crippen LogP contribution is -2.08. The fourth-order valence-corrected chi connectivity index (χ4v) is 3.38. The number of hydrogen-bond donors (Lipinski definition) is 0. The first-order valence-electron chi connectivity index (χ1n) is 13.2. The van der Waals surface area contributed by atoms with Crippen LogP contribution in [0.1, 0.15) is 36.1 Å². The minimum absolute atomic E-state index is 0.179. The number of hydrogen-bond acceptors (Lipinski definition) is 8. The van der Waals surface area contributed by atoms with Gasteiger partial charge in [0.1, 0.15) is 23.0 Å². The van der Waals surface area contributed by atoms with Gasteiger partial charge in [0.25, 0.3) is 0 Å². The molecule has 8 nitrogen and oxygen atoms in total. The fraction of sp³-hybridized carbons (Fsp3) is 0.0556. The Hall–Kier alpha value is -6.02. The van der Waals surface area contributed by atoms with Crippen molar-refractivity contribution in [2.75, 3.05) is 0 Å². The minimum atomic E-state index is -0.686. The summed E-state index contributed by atoms with van der Waals surface area (Å²) in [6, 6.07) is 16.5. The minimum Gasteiger partial charge on any atom is -0.423 e. The molecule has 0 N–H and O–H groups in total. The van der Waals surface area contributed by atoms with E-state index in [-0.39, 0.29) is 22.6 Å². The molecule has 0 fully saturated rings. The van der Waals surface area contributed by atoms with Crippen molar-refractivity contribution in [3.05, 3.63) is 133 Å². The molecule has 0 aliphatic carbocycles. The van der Waals surface area contributed by atoms with Crippen LogP contribution in [0.2, 0.25) is 0 Å². The molecule has 3 aromatic carbocycles. The Morgan fingerprint density at radius 3 is 1.18 bits per heavy atom. The molecule has 8 heteroatoms. The summed E-state index contributed by atoms with van der Waals surface area (Å²) < 4.78 is 21.4. The second-order valence-electron chi connectivity index (χ2n) is 9.32. The van der Waals surface area contributed by atoms with Gasteiger partial charge in [0.15, 0.2) is 0 Å². The van der Waals surface area contributed by atoms with E-state index in [1.807, 2.05) is 0 Å². The van der Waals surface area contributed by atoms with Crippen molar-refractivity contribution in [1.29, 1.82) is 0 Å². The first-order chi connectivity index (χ1) is 21.0. The number of carbonyl (C=O) groups is 4. The van der Waals surface area contributed by atoms with Crippen molar-refractivity contribution in [1.82, 2.24) is 0 Å². The predicted octanol–water partition coefficient (Wildman–Crippen LogP) is 7.17. The SMILES string of the molecule is C=CC(=O)Oc1cc(/C=C/c2ccc(OC(=O)C(=C)C)cc2)c(OC(=O)C=C)cc1/C=C/c1ccc(OC(=O)C(=C)C)cc1. The summed E-state index contributed by atoms with van der Waals surface area (Å²) in [6.45, 7) is 17.1. The van der Waals surface area contributed by atoms with Gasteiger partial charge in [0.2, 0.25) is 0 Å². The van der Waals surface area contributed by atoms with Gasteiger partial charge in [-0.05, 0) is 61.4 Å². The maximum Gasteiger partial charge on any atom is 0.338 e. The Morgan fingerprint density at radius 2 is 0.886 bits per heavy atom. The zero-order valence-electron chi connectivity index (χ0n) is 24.3. The lowest BCUT2D eigenvalue weighted by molar-refractivity contribution is -0.130. The standard InChI is InChI=1S/C36H30O8/c1-7-33(37)43-31-21-28(16-10-26-13-19-30(20-14-26)42-36(40)24(5)6)32(44-34(38)8-2)22-27(31)15-9-25-11-17-29(18-12-25)41-35(39)23(3)4/h7-22H,1-3,5H2,4,6H3/b15-9+,16-10+. The molecule has 0 heterocycles. The highest BCUT2D eigenvalue weighted by Gasteiger charge is 2.14. The normalized spacial score (nSPS) is 10.6. The average Bonchev–Trinajstić information content (AvgIpc) is 3.01. The van der Waals surface area contributed by atoms with Crippen LogP contribution in [0.15, 0.2) is 110 Å². The third-order valence-corrected chi connectivity index (χ3v) is 5.69. The second-order valence-corrected chi connectivity index (χ2v) is 9.32. The summed E-state index contributed by atoms with van der Waals surface area (Å²) in [7, 11) is 0. The van der Waals surface area contributed by atoms with Crippen LogP contribution >= 0.6 is 0 Å². The van der Waals surface area contributed by atoms with E-state index in [0.717, 1.165) is 23.3 Å². The highest BCUT2D eigenvalue weighted by Crippen LogP contribution is 2.33. The van der Waals surface area contributed by atoms with Gasteiger partial charge in [-0.1, -0.05) is 74.9 Å². The molecular weight excluding hydrogens is 560 g/mol. The first kappa shape index (κ1) is 32.5.